The molecule has 1 unspecified atom stereocenters. The molecule has 84 valence electrons. The highest BCUT2D eigenvalue weighted by molar-refractivity contribution is 5.81. The second kappa shape index (κ2) is 5.98. The number of rotatable bonds is 6. The van der Waals surface area contributed by atoms with Crippen molar-refractivity contribution in [3.63, 3.8) is 0 Å². The fourth-order valence-electron chi connectivity index (χ4n) is 1.11. The van der Waals surface area contributed by atoms with Gasteiger partial charge in [-0.3, -0.25) is 4.79 Å². The summed E-state index contributed by atoms with van der Waals surface area (Å²) in [6.07, 6.45) is 0. The summed E-state index contributed by atoms with van der Waals surface area (Å²) in [4.78, 5) is 11.4. The molecule has 0 saturated carbocycles. The van der Waals surface area contributed by atoms with E-state index in [2.05, 4.69) is 10.6 Å². The van der Waals surface area contributed by atoms with E-state index in [0.717, 1.165) is 6.54 Å². The van der Waals surface area contributed by atoms with Gasteiger partial charge in [0.2, 0.25) is 5.91 Å². The zero-order chi connectivity index (χ0) is 11.2. The molecule has 0 heterocycles. The zero-order valence-corrected chi connectivity index (χ0v) is 9.55. The van der Waals surface area contributed by atoms with Gasteiger partial charge in [-0.05, 0) is 26.3 Å². The summed E-state index contributed by atoms with van der Waals surface area (Å²) in [5, 5.41) is 14.6. The molecule has 0 aromatic rings. The van der Waals surface area contributed by atoms with Crippen LogP contribution in [0.1, 0.15) is 20.8 Å². The second-order valence-electron chi connectivity index (χ2n) is 4.38. The highest BCUT2D eigenvalue weighted by Crippen LogP contribution is 2.13. The van der Waals surface area contributed by atoms with Crippen LogP contribution in [0.3, 0.4) is 0 Å². The van der Waals surface area contributed by atoms with E-state index < -0.39 is 5.41 Å². The van der Waals surface area contributed by atoms with Crippen LogP contribution in [0.2, 0.25) is 0 Å². The lowest BCUT2D eigenvalue weighted by Gasteiger charge is -2.23. The maximum absolute atomic E-state index is 11.4. The van der Waals surface area contributed by atoms with Gasteiger partial charge in [0.25, 0.3) is 0 Å². The topological polar surface area (TPSA) is 61.4 Å². The van der Waals surface area contributed by atoms with E-state index in [1.165, 1.54) is 0 Å². The normalized spacial score (nSPS) is 13.8. The van der Waals surface area contributed by atoms with E-state index in [4.69, 9.17) is 5.11 Å². The van der Waals surface area contributed by atoms with Crippen molar-refractivity contribution in [3.8, 4) is 0 Å². The monoisotopic (exact) mass is 202 g/mol. The van der Waals surface area contributed by atoms with Crippen molar-refractivity contribution in [3.05, 3.63) is 0 Å². The molecule has 0 saturated heterocycles. The van der Waals surface area contributed by atoms with Gasteiger partial charge < -0.3 is 15.7 Å². The number of amides is 1. The Kier molecular flexibility index (Phi) is 5.72. The van der Waals surface area contributed by atoms with Crippen molar-refractivity contribution in [1.29, 1.82) is 0 Å². The smallest absolute Gasteiger partial charge is 0.226 e. The van der Waals surface area contributed by atoms with Gasteiger partial charge in [0.1, 0.15) is 0 Å². The molecule has 4 nitrogen and oxygen atoms in total. The van der Waals surface area contributed by atoms with Crippen LogP contribution in [-0.2, 0) is 4.79 Å². The molecule has 0 aliphatic heterocycles. The number of nitrogens with one attached hydrogen (secondary N) is 2. The van der Waals surface area contributed by atoms with Crippen LogP contribution in [0.4, 0.5) is 0 Å². The number of carbonyl (C=O) groups excluding carboxylic acids is 1. The summed E-state index contributed by atoms with van der Waals surface area (Å²) in [6.45, 7) is 7.27. The predicted molar refractivity (Wildman–Crippen MR) is 57.0 cm³/mol. The predicted octanol–water partition coefficient (Wildman–Crippen LogP) is -0.0234. The van der Waals surface area contributed by atoms with E-state index in [1.807, 2.05) is 20.8 Å². The third-order valence-electron chi connectivity index (χ3n) is 2.21. The van der Waals surface area contributed by atoms with Crippen molar-refractivity contribution in [2.45, 2.75) is 20.8 Å². The van der Waals surface area contributed by atoms with Crippen molar-refractivity contribution < 1.29 is 9.90 Å². The summed E-state index contributed by atoms with van der Waals surface area (Å²) in [5.74, 6) is 0.261. The fourth-order valence-corrected chi connectivity index (χ4v) is 1.11. The molecule has 0 bridgehead atoms. The Morgan fingerprint density at radius 2 is 2.07 bits per heavy atom. The van der Waals surface area contributed by atoms with Crippen LogP contribution >= 0.6 is 0 Å². The maximum atomic E-state index is 11.4. The molecule has 1 atom stereocenters. The molecule has 1 amide bonds. The summed E-state index contributed by atoms with van der Waals surface area (Å²) in [5.41, 5.74) is -0.399. The van der Waals surface area contributed by atoms with E-state index in [1.54, 1.807) is 7.05 Å². The van der Waals surface area contributed by atoms with E-state index in [0.29, 0.717) is 6.54 Å². The third-order valence-corrected chi connectivity index (χ3v) is 2.21. The Bertz CT molecular complexity index is 181. The van der Waals surface area contributed by atoms with Gasteiger partial charge in [0.05, 0.1) is 5.41 Å². The van der Waals surface area contributed by atoms with Crippen LogP contribution in [-0.4, -0.2) is 37.8 Å². The number of aliphatic hydroxyl groups is 1. The zero-order valence-electron chi connectivity index (χ0n) is 9.55. The highest BCUT2D eigenvalue weighted by atomic mass is 16.3. The average molecular weight is 202 g/mol. The molecule has 0 aromatic carbocycles. The third kappa shape index (κ3) is 4.58. The van der Waals surface area contributed by atoms with E-state index in [-0.39, 0.29) is 18.4 Å². The van der Waals surface area contributed by atoms with Crippen LogP contribution in [0.5, 0.6) is 0 Å². The fraction of sp³-hybridized carbons (Fsp3) is 0.900. The Hall–Kier alpha value is -0.610. The van der Waals surface area contributed by atoms with Gasteiger partial charge in [-0.2, -0.15) is 0 Å². The Labute approximate surface area is 86.1 Å². The minimum Gasteiger partial charge on any atom is -0.396 e. The van der Waals surface area contributed by atoms with Crippen LogP contribution in [0, 0.1) is 11.3 Å². The molecule has 0 spiro atoms. The van der Waals surface area contributed by atoms with Gasteiger partial charge in [-0.15, -0.1) is 0 Å². The minimum atomic E-state index is -0.399. The van der Waals surface area contributed by atoms with Gasteiger partial charge in [0.15, 0.2) is 0 Å². The lowest BCUT2D eigenvalue weighted by molar-refractivity contribution is -0.128. The molecule has 0 fully saturated rings. The first-order valence-corrected chi connectivity index (χ1v) is 4.97. The van der Waals surface area contributed by atoms with Crippen LogP contribution in [0.15, 0.2) is 0 Å². The molecule has 3 N–H and O–H groups in total. The van der Waals surface area contributed by atoms with Crippen molar-refractivity contribution >= 4 is 5.91 Å². The second-order valence-corrected chi connectivity index (χ2v) is 4.38. The van der Waals surface area contributed by atoms with Crippen molar-refractivity contribution in [2.75, 3.05) is 26.7 Å². The molecule has 4 heteroatoms. The summed E-state index contributed by atoms with van der Waals surface area (Å²) >= 11 is 0. The van der Waals surface area contributed by atoms with E-state index >= 15 is 0 Å². The quantitative estimate of drug-likeness (QED) is 0.567. The largest absolute Gasteiger partial charge is 0.396 e. The first-order valence-electron chi connectivity index (χ1n) is 4.97. The van der Waals surface area contributed by atoms with Gasteiger partial charge >= 0.3 is 0 Å². The van der Waals surface area contributed by atoms with E-state index in [9.17, 15) is 4.79 Å². The molecule has 0 rings (SSSR count). The van der Waals surface area contributed by atoms with Crippen LogP contribution in [0.25, 0.3) is 0 Å². The molecular weight excluding hydrogens is 180 g/mol. The standard InChI is InChI=1S/C10H22N2O2/c1-8(6-13)5-12-7-10(2,3)9(14)11-4/h8,12-13H,5-7H2,1-4H3,(H,11,14). The van der Waals surface area contributed by atoms with Crippen LogP contribution < -0.4 is 10.6 Å². The Morgan fingerprint density at radius 1 is 1.50 bits per heavy atom. The Morgan fingerprint density at radius 3 is 2.50 bits per heavy atom. The maximum Gasteiger partial charge on any atom is 0.226 e. The minimum absolute atomic E-state index is 0.0293. The summed E-state index contributed by atoms with van der Waals surface area (Å²) in [6, 6.07) is 0. The molecular formula is C10H22N2O2. The van der Waals surface area contributed by atoms with Gasteiger partial charge in [-0.1, -0.05) is 6.92 Å². The van der Waals surface area contributed by atoms with Crippen molar-refractivity contribution in [2.24, 2.45) is 11.3 Å². The highest BCUT2D eigenvalue weighted by Gasteiger charge is 2.25. The number of hydrogen-bond acceptors (Lipinski definition) is 3. The molecule has 0 radical (unpaired) electrons. The average Bonchev–Trinajstić information content (AvgIpc) is 2.15. The van der Waals surface area contributed by atoms with Gasteiger partial charge in [-0.25, -0.2) is 0 Å². The molecule has 14 heavy (non-hydrogen) atoms. The molecule has 0 aliphatic carbocycles. The lowest BCUT2D eigenvalue weighted by atomic mass is 9.92. The first-order chi connectivity index (χ1) is 6.44. The van der Waals surface area contributed by atoms with Gasteiger partial charge in [0, 0.05) is 20.2 Å². The van der Waals surface area contributed by atoms with Crippen molar-refractivity contribution in [1.82, 2.24) is 10.6 Å². The SMILES string of the molecule is CNC(=O)C(C)(C)CNCC(C)CO. The molecule has 0 aromatic heterocycles. The Balaban J connectivity index is 3.82. The number of hydrogen-bond donors (Lipinski definition) is 3. The lowest BCUT2D eigenvalue weighted by Crippen LogP contribution is -2.43. The summed E-state index contributed by atoms with van der Waals surface area (Å²) < 4.78 is 0. The first kappa shape index (κ1) is 13.4. The number of aliphatic hydroxyl groups excluding tert-OH is 1. The number of carbonyl (C=O) groups is 1. The molecule has 0 aliphatic rings. The summed E-state index contributed by atoms with van der Waals surface area (Å²) in [7, 11) is 1.64.